The van der Waals surface area contributed by atoms with Gasteiger partial charge in [-0.2, -0.15) is 0 Å². The molecule has 5 rings (SSSR count). The van der Waals surface area contributed by atoms with Crippen molar-refractivity contribution in [2.24, 2.45) is 0 Å². The number of nitrogens with one attached hydrogen (secondary N) is 1. The molecule has 0 unspecified atom stereocenters. The van der Waals surface area contributed by atoms with E-state index in [4.69, 9.17) is 11.6 Å². The maximum Gasteiger partial charge on any atom is 0.251 e. The molecule has 4 aromatic rings. The van der Waals surface area contributed by atoms with Crippen molar-refractivity contribution >= 4 is 17.5 Å². The van der Waals surface area contributed by atoms with E-state index in [2.05, 4.69) is 25.5 Å². The van der Waals surface area contributed by atoms with E-state index in [9.17, 15) is 9.18 Å². The molecule has 1 aliphatic carbocycles. The fourth-order valence-electron chi connectivity index (χ4n) is 3.87. The number of carbonyl (C=O) groups excluding carboxylic acids is 1. The summed E-state index contributed by atoms with van der Waals surface area (Å²) in [7, 11) is 0. The molecule has 1 aliphatic rings. The Morgan fingerprint density at radius 3 is 2.69 bits per heavy atom. The van der Waals surface area contributed by atoms with Gasteiger partial charge in [-0.25, -0.2) is 14.4 Å². The van der Waals surface area contributed by atoms with E-state index in [-0.39, 0.29) is 17.9 Å². The van der Waals surface area contributed by atoms with Gasteiger partial charge in [0.15, 0.2) is 5.82 Å². The van der Waals surface area contributed by atoms with E-state index in [1.54, 1.807) is 18.3 Å². The summed E-state index contributed by atoms with van der Waals surface area (Å²) in [5.74, 6) is 0.675. The fraction of sp³-hybridized carbons (Fsp3) is 0.174. The van der Waals surface area contributed by atoms with Crippen LogP contribution in [0.25, 0.3) is 17.2 Å². The van der Waals surface area contributed by atoms with Crippen LogP contribution in [0, 0.1) is 5.82 Å². The standard InChI is InChI=1S/C23H18ClFN6O/c24-18-6-1-2-7-20(18)31-21(29-30-22(31)19-8-9-26-13-27-19)15-11-17(12-15)28-23(32)14-4-3-5-16(25)10-14/h1-10,13,15,17H,11-12H2,(H,28,32). The van der Waals surface area contributed by atoms with Crippen LogP contribution < -0.4 is 5.32 Å². The third-order valence-corrected chi connectivity index (χ3v) is 5.84. The van der Waals surface area contributed by atoms with E-state index >= 15 is 0 Å². The third-order valence-electron chi connectivity index (χ3n) is 5.52. The summed E-state index contributed by atoms with van der Waals surface area (Å²) in [6.07, 6.45) is 4.48. The van der Waals surface area contributed by atoms with E-state index in [1.807, 2.05) is 28.8 Å². The number of halogens is 2. The molecule has 0 saturated heterocycles. The first-order valence-corrected chi connectivity index (χ1v) is 10.5. The van der Waals surface area contributed by atoms with Crippen molar-refractivity contribution < 1.29 is 9.18 Å². The molecule has 32 heavy (non-hydrogen) atoms. The Morgan fingerprint density at radius 1 is 1.09 bits per heavy atom. The topological polar surface area (TPSA) is 85.6 Å². The highest BCUT2D eigenvalue weighted by molar-refractivity contribution is 6.32. The molecule has 2 aromatic carbocycles. The molecule has 1 N–H and O–H groups in total. The first-order chi connectivity index (χ1) is 15.6. The molecule has 0 aliphatic heterocycles. The molecule has 7 nitrogen and oxygen atoms in total. The average molecular weight is 449 g/mol. The van der Waals surface area contributed by atoms with Crippen LogP contribution >= 0.6 is 11.6 Å². The van der Waals surface area contributed by atoms with Crippen molar-refractivity contribution in [1.29, 1.82) is 0 Å². The second kappa shape index (κ2) is 8.47. The molecular weight excluding hydrogens is 431 g/mol. The van der Waals surface area contributed by atoms with Gasteiger partial charge >= 0.3 is 0 Å². The quantitative estimate of drug-likeness (QED) is 0.494. The summed E-state index contributed by atoms with van der Waals surface area (Å²) in [6.45, 7) is 0. The monoisotopic (exact) mass is 448 g/mol. The summed E-state index contributed by atoms with van der Waals surface area (Å²) in [6, 6.07) is 14.9. The van der Waals surface area contributed by atoms with Crippen molar-refractivity contribution in [3.63, 3.8) is 0 Å². The van der Waals surface area contributed by atoms with Gasteiger partial charge in [-0.05, 0) is 49.2 Å². The average Bonchev–Trinajstić information content (AvgIpc) is 3.21. The molecular formula is C23H18ClFN6O. The van der Waals surface area contributed by atoms with Crippen molar-refractivity contribution in [1.82, 2.24) is 30.0 Å². The number of rotatable bonds is 5. The van der Waals surface area contributed by atoms with E-state index in [1.165, 1.54) is 24.5 Å². The van der Waals surface area contributed by atoms with Crippen LogP contribution in [0.3, 0.4) is 0 Å². The first kappa shape index (κ1) is 20.3. The molecule has 0 bridgehead atoms. The zero-order valence-corrected chi connectivity index (χ0v) is 17.6. The van der Waals surface area contributed by atoms with Crippen molar-refractivity contribution in [2.45, 2.75) is 24.8 Å². The van der Waals surface area contributed by atoms with Gasteiger partial charge in [-0.15, -0.1) is 10.2 Å². The minimum atomic E-state index is -0.436. The first-order valence-electron chi connectivity index (χ1n) is 10.1. The molecule has 2 aromatic heterocycles. The lowest BCUT2D eigenvalue weighted by Gasteiger charge is -2.35. The van der Waals surface area contributed by atoms with Crippen LogP contribution in [-0.4, -0.2) is 36.7 Å². The largest absolute Gasteiger partial charge is 0.349 e. The predicted octanol–water partition coefficient (Wildman–Crippen LogP) is 4.19. The molecule has 2 heterocycles. The highest BCUT2D eigenvalue weighted by atomic mass is 35.5. The Hall–Kier alpha value is -3.65. The van der Waals surface area contributed by atoms with E-state index in [0.717, 1.165) is 11.5 Å². The Balaban J connectivity index is 1.40. The maximum atomic E-state index is 13.4. The van der Waals surface area contributed by atoms with Gasteiger partial charge in [0.2, 0.25) is 0 Å². The second-order valence-corrected chi connectivity index (χ2v) is 8.02. The highest BCUT2D eigenvalue weighted by Gasteiger charge is 2.36. The molecule has 0 radical (unpaired) electrons. The van der Waals surface area contributed by atoms with Crippen molar-refractivity contribution in [3.8, 4) is 17.2 Å². The zero-order valence-electron chi connectivity index (χ0n) is 16.8. The third kappa shape index (κ3) is 3.85. The second-order valence-electron chi connectivity index (χ2n) is 7.61. The molecule has 9 heteroatoms. The lowest BCUT2D eigenvalue weighted by molar-refractivity contribution is 0.0906. The van der Waals surface area contributed by atoms with Crippen LogP contribution in [0.2, 0.25) is 5.02 Å². The molecule has 0 atom stereocenters. The number of carbonyl (C=O) groups is 1. The SMILES string of the molecule is O=C(NC1CC(c2nnc(-c3ccncn3)n2-c2ccccc2Cl)C1)c1cccc(F)c1. The van der Waals surface area contributed by atoms with E-state index in [0.29, 0.717) is 34.9 Å². The minimum absolute atomic E-state index is 0.0327. The van der Waals surface area contributed by atoms with Gasteiger partial charge in [0, 0.05) is 23.7 Å². The van der Waals surface area contributed by atoms with Crippen LogP contribution in [0.4, 0.5) is 4.39 Å². The number of aromatic nitrogens is 5. The lowest BCUT2D eigenvalue weighted by Crippen LogP contribution is -2.44. The normalized spacial score (nSPS) is 17.6. The Labute approximate surface area is 188 Å². The lowest BCUT2D eigenvalue weighted by atomic mass is 9.79. The Kier molecular flexibility index (Phi) is 5.36. The summed E-state index contributed by atoms with van der Waals surface area (Å²) in [4.78, 5) is 20.7. The van der Waals surface area contributed by atoms with Crippen molar-refractivity contribution in [3.05, 3.63) is 89.3 Å². The van der Waals surface area contributed by atoms with Gasteiger partial charge < -0.3 is 5.32 Å². The summed E-state index contributed by atoms with van der Waals surface area (Å²) in [5, 5.41) is 12.4. The molecule has 1 fully saturated rings. The maximum absolute atomic E-state index is 13.4. The fourth-order valence-corrected chi connectivity index (χ4v) is 4.09. The number of para-hydroxylation sites is 1. The van der Waals surface area contributed by atoms with Gasteiger partial charge in [-0.1, -0.05) is 29.8 Å². The van der Waals surface area contributed by atoms with Gasteiger partial charge in [0.25, 0.3) is 5.91 Å². The number of benzene rings is 2. The molecule has 0 spiro atoms. The Bertz CT molecular complexity index is 1270. The smallest absolute Gasteiger partial charge is 0.251 e. The predicted molar refractivity (Wildman–Crippen MR) is 117 cm³/mol. The summed E-state index contributed by atoms with van der Waals surface area (Å²) < 4.78 is 15.3. The number of amides is 1. The Morgan fingerprint density at radius 2 is 1.94 bits per heavy atom. The number of nitrogens with zero attached hydrogens (tertiary/aromatic N) is 5. The molecule has 1 amide bonds. The van der Waals surface area contributed by atoms with Crippen LogP contribution in [0.15, 0.2) is 67.1 Å². The van der Waals surface area contributed by atoms with Crippen molar-refractivity contribution in [2.75, 3.05) is 0 Å². The van der Waals surface area contributed by atoms with Crippen LogP contribution in [0.5, 0.6) is 0 Å². The van der Waals surface area contributed by atoms with E-state index < -0.39 is 5.82 Å². The number of hydrogen-bond acceptors (Lipinski definition) is 5. The summed E-state index contributed by atoms with van der Waals surface area (Å²) in [5.41, 5.74) is 1.70. The van der Waals surface area contributed by atoms with Gasteiger partial charge in [0.05, 0.1) is 10.7 Å². The van der Waals surface area contributed by atoms with Crippen LogP contribution in [-0.2, 0) is 0 Å². The molecule has 1 saturated carbocycles. The van der Waals surface area contributed by atoms with Gasteiger partial charge in [0.1, 0.15) is 23.7 Å². The number of hydrogen-bond donors (Lipinski definition) is 1. The van der Waals surface area contributed by atoms with Gasteiger partial charge in [-0.3, -0.25) is 9.36 Å². The minimum Gasteiger partial charge on any atom is -0.349 e. The van der Waals surface area contributed by atoms with Crippen LogP contribution in [0.1, 0.15) is 34.9 Å². The zero-order chi connectivity index (χ0) is 22.1. The summed E-state index contributed by atoms with van der Waals surface area (Å²) >= 11 is 6.49. The highest BCUT2D eigenvalue weighted by Crippen LogP contribution is 2.39. The molecule has 160 valence electrons.